The Bertz CT molecular complexity index is 580. The minimum atomic E-state index is 0.0496. The van der Waals surface area contributed by atoms with Crippen LogP contribution in [-0.4, -0.2) is 66.9 Å². The summed E-state index contributed by atoms with van der Waals surface area (Å²) in [6, 6.07) is 8.41. The third kappa shape index (κ3) is 7.14. The van der Waals surface area contributed by atoms with Crippen LogP contribution >= 0.6 is 0 Å². The van der Waals surface area contributed by atoms with Gasteiger partial charge >= 0.3 is 0 Å². The highest BCUT2D eigenvalue weighted by molar-refractivity contribution is 5.78. The normalized spacial score (nSPS) is 16.9. The maximum atomic E-state index is 12.1. The Morgan fingerprint density at radius 1 is 1.00 bits per heavy atom. The lowest BCUT2D eigenvalue weighted by molar-refractivity contribution is -0.125. The first-order valence-corrected chi connectivity index (χ1v) is 9.52. The van der Waals surface area contributed by atoms with Crippen molar-refractivity contribution in [3.05, 3.63) is 35.4 Å². The third-order valence-electron chi connectivity index (χ3n) is 4.83. The average molecular weight is 361 g/mol. The van der Waals surface area contributed by atoms with Gasteiger partial charge in [-0.15, -0.1) is 0 Å². The van der Waals surface area contributed by atoms with Gasteiger partial charge in [-0.2, -0.15) is 0 Å². The number of carbonyl (C=O) groups excluding carboxylic acids is 2. The number of nitrogens with zero attached hydrogens (tertiary/aromatic N) is 2. The molecule has 0 spiro atoms. The van der Waals surface area contributed by atoms with Crippen molar-refractivity contribution in [2.24, 2.45) is 0 Å². The molecule has 0 radical (unpaired) electrons. The molecule has 2 rings (SSSR count). The first-order valence-electron chi connectivity index (χ1n) is 9.52. The average Bonchev–Trinajstić information content (AvgIpc) is 2.62. The van der Waals surface area contributed by atoms with Gasteiger partial charge in [0.15, 0.2) is 0 Å². The first-order chi connectivity index (χ1) is 12.5. The SMILES string of the molecule is CCC(C)NC(=O)CN1CCN(CC(=O)NCc2ccc(C)cc2)CC1. The molecule has 0 bridgehead atoms. The fraction of sp³-hybridized carbons (Fsp3) is 0.600. The van der Waals surface area contributed by atoms with Gasteiger partial charge in [-0.3, -0.25) is 19.4 Å². The fourth-order valence-corrected chi connectivity index (χ4v) is 2.90. The second-order valence-electron chi connectivity index (χ2n) is 7.19. The zero-order chi connectivity index (χ0) is 18.9. The van der Waals surface area contributed by atoms with Crippen LogP contribution in [0.1, 0.15) is 31.4 Å². The summed E-state index contributed by atoms with van der Waals surface area (Å²) >= 11 is 0. The molecular formula is C20H32N4O2. The molecule has 1 aromatic carbocycles. The molecule has 1 aliphatic rings. The predicted molar refractivity (Wildman–Crippen MR) is 104 cm³/mol. The van der Waals surface area contributed by atoms with E-state index >= 15 is 0 Å². The molecule has 144 valence electrons. The molecule has 1 fully saturated rings. The number of piperazine rings is 1. The lowest BCUT2D eigenvalue weighted by atomic mass is 10.1. The number of rotatable bonds is 8. The molecule has 26 heavy (non-hydrogen) atoms. The van der Waals surface area contributed by atoms with Gasteiger partial charge in [0.25, 0.3) is 0 Å². The highest BCUT2D eigenvalue weighted by Gasteiger charge is 2.20. The van der Waals surface area contributed by atoms with Crippen molar-refractivity contribution in [3.63, 3.8) is 0 Å². The standard InChI is InChI=1S/C20H32N4O2/c1-4-17(3)22-20(26)15-24-11-9-23(10-12-24)14-19(25)21-13-18-7-5-16(2)6-8-18/h5-8,17H,4,9-15H2,1-3H3,(H,21,25)(H,22,26). The number of benzene rings is 1. The Kier molecular flexibility index (Phi) is 8.06. The molecule has 1 atom stereocenters. The molecule has 2 N–H and O–H groups in total. The van der Waals surface area contributed by atoms with Crippen LogP contribution in [0.25, 0.3) is 0 Å². The van der Waals surface area contributed by atoms with Gasteiger partial charge in [0.2, 0.25) is 11.8 Å². The van der Waals surface area contributed by atoms with E-state index in [0.29, 0.717) is 19.6 Å². The van der Waals surface area contributed by atoms with Crippen molar-refractivity contribution in [2.75, 3.05) is 39.3 Å². The van der Waals surface area contributed by atoms with Crippen LogP contribution in [0.3, 0.4) is 0 Å². The Morgan fingerprint density at radius 3 is 2.08 bits per heavy atom. The van der Waals surface area contributed by atoms with Crippen LogP contribution in [0, 0.1) is 6.92 Å². The molecule has 0 aliphatic carbocycles. The van der Waals surface area contributed by atoms with E-state index < -0.39 is 0 Å². The van der Waals surface area contributed by atoms with Crippen LogP contribution in [0.2, 0.25) is 0 Å². The highest BCUT2D eigenvalue weighted by atomic mass is 16.2. The summed E-state index contributed by atoms with van der Waals surface area (Å²) < 4.78 is 0. The summed E-state index contributed by atoms with van der Waals surface area (Å²) in [6.07, 6.45) is 0.942. The van der Waals surface area contributed by atoms with Crippen molar-refractivity contribution in [3.8, 4) is 0 Å². The van der Waals surface area contributed by atoms with Crippen molar-refractivity contribution in [1.82, 2.24) is 20.4 Å². The third-order valence-corrected chi connectivity index (χ3v) is 4.83. The van der Waals surface area contributed by atoms with E-state index in [9.17, 15) is 9.59 Å². The van der Waals surface area contributed by atoms with Crippen molar-refractivity contribution < 1.29 is 9.59 Å². The molecular weight excluding hydrogens is 328 g/mol. The van der Waals surface area contributed by atoms with Crippen molar-refractivity contribution in [1.29, 1.82) is 0 Å². The Morgan fingerprint density at radius 2 is 1.54 bits per heavy atom. The summed E-state index contributed by atoms with van der Waals surface area (Å²) in [4.78, 5) is 28.4. The maximum Gasteiger partial charge on any atom is 0.234 e. The first kappa shape index (κ1) is 20.4. The zero-order valence-corrected chi connectivity index (χ0v) is 16.3. The topological polar surface area (TPSA) is 64.7 Å². The number of hydrogen-bond acceptors (Lipinski definition) is 4. The van der Waals surface area contributed by atoms with E-state index in [1.807, 2.05) is 19.1 Å². The van der Waals surface area contributed by atoms with E-state index in [4.69, 9.17) is 0 Å². The molecule has 1 aliphatic heterocycles. The van der Waals surface area contributed by atoms with Gasteiger partial charge in [0.05, 0.1) is 13.1 Å². The van der Waals surface area contributed by atoms with Crippen LogP contribution in [0.5, 0.6) is 0 Å². The predicted octanol–water partition coefficient (Wildman–Crippen LogP) is 1.14. The van der Waals surface area contributed by atoms with Crippen LogP contribution < -0.4 is 10.6 Å². The van der Waals surface area contributed by atoms with E-state index in [2.05, 4.69) is 46.4 Å². The van der Waals surface area contributed by atoms with Crippen LogP contribution in [-0.2, 0) is 16.1 Å². The molecule has 6 heteroatoms. The quantitative estimate of drug-likeness (QED) is 0.730. The molecule has 2 amide bonds. The van der Waals surface area contributed by atoms with Gasteiger partial charge < -0.3 is 10.6 Å². The zero-order valence-electron chi connectivity index (χ0n) is 16.3. The number of aryl methyl sites for hydroxylation is 1. The van der Waals surface area contributed by atoms with Gasteiger partial charge in [-0.05, 0) is 25.8 Å². The number of carbonyl (C=O) groups is 2. The monoisotopic (exact) mass is 360 g/mol. The minimum absolute atomic E-state index is 0.0496. The lowest BCUT2D eigenvalue weighted by Gasteiger charge is -2.34. The molecule has 1 aromatic rings. The van der Waals surface area contributed by atoms with Gasteiger partial charge in [0.1, 0.15) is 0 Å². The summed E-state index contributed by atoms with van der Waals surface area (Å²) in [5.74, 6) is 0.136. The summed E-state index contributed by atoms with van der Waals surface area (Å²) in [7, 11) is 0. The number of nitrogens with one attached hydrogen (secondary N) is 2. The van der Waals surface area contributed by atoms with Crippen LogP contribution in [0.15, 0.2) is 24.3 Å². The number of hydrogen-bond donors (Lipinski definition) is 2. The maximum absolute atomic E-state index is 12.1. The molecule has 1 saturated heterocycles. The fourth-order valence-electron chi connectivity index (χ4n) is 2.90. The van der Waals surface area contributed by atoms with Crippen molar-refractivity contribution in [2.45, 2.75) is 39.8 Å². The largest absolute Gasteiger partial charge is 0.353 e. The van der Waals surface area contributed by atoms with E-state index in [-0.39, 0.29) is 17.9 Å². The van der Waals surface area contributed by atoms with Gasteiger partial charge in [-0.25, -0.2) is 0 Å². The molecule has 0 aromatic heterocycles. The summed E-state index contributed by atoms with van der Waals surface area (Å²) in [6.45, 7) is 10.8. The Labute approximate surface area is 156 Å². The number of amides is 2. The molecule has 6 nitrogen and oxygen atoms in total. The Hall–Kier alpha value is -1.92. The van der Waals surface area contributed by atoms with Gasteiger partial charge in [-0.1, -0.05) is 36.8 Å². The second kappa shape index (κ2) is 10.3. The van der Waals surface area contributed by atoms with E-state index in [1.54, 1.807) is 0 Å². The molecule has 1 heterocycles. The summed E-state index contributed by atoms with van der Waals surface area (Å²) in [5, 5.41) is 5.98. The second-order valence-corrected chi connectivity index (χ2v) is 7.19. The van der Waals surface area contributed by atoms with E-state index in [0.717, 1.165) is 38.2 Å². The van der Waals surface area contributed by atoms with E-state index in [1.165, 1.54) is 5.56 Å². The molecule has 0 saturated carbocycles. The van der Waals surface area contributed by atoms with Gasteiger partial charge in [0, 0.05) is 38.8 Å². The van der Waals surface area contributed by atoms with Crippen molar-refractivity contribution >= 4 is 11.8 Å². The minimum Gasteiger partial charge on any atom is -0.353 e. The Balaban J connectivity index is 1.64. The summed E-state index contributed by atoms with van der Waals surface area (Å²) in [5.41, 5.74) is 2.33. The smallest absolute Gasteiger partial charge is 0.234 e. The molecule has 1 unspecified atom stereocenters. The lowest BCUT2D eigenvalue weighted by Crippen LogP contribution is -2.52. The van der Waals surface area contributed by atoms with Crippen LogP contribution in [0.4, 0.5) is 0 Å². The highest BCUT2D eigenvalue weighted by Crippen LogP contribution is 2.04.